The van der Waals surface area contributed by atoms with E-state index in [0.717, 1.165) is 18.4 Å². The fourth-order valence-corrected chi connectivity index (χ4v) is 3.29. The van der Waals surface area contributed by atoms with E-state index < -0.39 is 5.60 Å². The molecule has 23 heavy (non-hydrogen) atoms. The predicted octanol–water partition coefficient (Wildman–Crippen LogP) is 3.69. The second-order valence-electron chi connectivity index (χ2n) is 6.08. The van der Waals surface area contributed by atoms with Gasteiger partial charge in [0, 0.05) is 29.7 Å². The molecule has 0 unspecified atom stereocenters. The maximum atomic E-state index is 12.3. The number of benzene rings is 1. The van der Waals surface area contributed by atoms with Gasteiger partial charge in [0.2, 0.25) is 0 Å². The van der Waals surface area contributed by atoms with Gasteiger partial charge in [-0.15, -0.1) is 6.58 Å². The molecule has 0 aromatic heterocycles. The Labute approximate surface area is 143 Å². The zero-order valence-electron chi connectivity index (χ0n) is 13.6. The molecule has 2 amide bonds. The van der Waals surface area contributed by atoms with Crippen LogP contribution in [-0.2, 0) is 5.60 Å². The van der Waals surface area contributed by atoms with Crippen LogP contribution in [0.25, 0.3) is 0 Å². The number of aliphatic hydroxyl groups is 1. The number of likely N-dealkylation sites (tertiary alicyclic amines) is 1. The van der Waals surface area contributed by atoms with E-state index in [1.807, 2.05) is 31.2 Å². The number of hydrogen-bond donors (Lipinski definition) is 2. The smallest absolute Gasteiger partial charge is 0.317 e. The predicted molar refractivity (Wildman–Crippen MR) is 93.6 cm³/mol. The number of nitrogens with one attached hydrogen (secondary N) is 1. The van der Waals surface area contributed by atoms with Crippen LogP contribution in [0, 0.1) is 0 Å². The lowest BCUT2D eigenvalue weighted by Gasteiger charge is -2.39. The summed E-state index contributed by atoms with van der Waals surface area (Å²) in [5.74, 6) is 0. The quantitative estimate of drug-likeness (QED) is 0.806. The molecule has 5 heteroatoms. The zero-order valence-corrected chi connectivity index (χ0v) is 14.4. The maximum Gasteiger partial charge on any atom is 0.317 e. The van der Waals surface area contributed by atoms with Crippen LogP contribution in [-0.4, -0.2) is 35.2 Å². The average molecular weight is 337 g/mol. The van der Waals surface area contributed by atoms with Crippen LogP contribution >= 0.6 is 11.6 Å². The highest BCUT2D eigenvalue weighted by molar-refractivity contribution is 6.31. The molecule has 2 N–H and O–H groups in total. The summed E-state index contributed by atoms with van der Waals surface area (Å²) in [5, 5.41) is 14.5. The van der Waals surface area contributed by atoms with Gasteiger partial charge in [0.25, 0.3) is 0 Å². The second kappa shape index (κ2) is 7.84. The molecule has 1 aliphatic heterocycles. The van der Waals surface area contributed by atoms with Crippen LogP contribution in [0.2, 0.25) is 5.02 Å². The standard InChI is InChI=1S/C18H25ClN2O2/c1-3-7-14(4-2)20-17(22)21-12-10-18(23,11-13-21)15-8-5-6-9-16(15)19/h3,5-6,8-9,14,23H,1,4,7,10-13H2,2H3,(H,20,22)/t14-/m0/s1. The molecule has 1 aromatic rings. The van der Waals surface area contributed by atoms with Crippen molar-refractivity contribution < 1.29 is 9.90 Å². The second-order valence-corrected chi connectivity index (χ2v) is 6.48. The van der Waals surface area contributed by atoms with Crippen LogP contribution in [0.15, 0.2) is 36.9 Å². The third kappa shape index (κ3) is 4.27. The van der Waals surface area contributed by atoms with Gasteiger partial charge in [-0.2, -0.15) is 0 Å². The van der Waals surface area contributed by atoms with Crippen LogP contribution in [0.3, 0.4) is 0 Å². The molecule has 126 valence electrons. The Morgan fingerprint density at radius 1 is 1.48 bits per heavy atom. The van der Waals surface area contributed by atoms with Gasteiger partial charge in [-0.1, -0.05) is 42.8 Å². The molecule has 0 radical (unpaired) electrons. The fraction of sp³-hybridized carbons (Fsp3) is 0.500. The Balaban J connectivity index is 1.96. The van der Waals surface area contributed by atoms with Crippen LogP contribution in [0.1, 0.15) is 38.2 Å². The topological polar surface area (TPSA) is 52.6 Å². The van der Waals surface area contributed by atoms with Gasteiger partial charge in [0.1, 0.15) is 0 Å². The van der Waals surface area contributed by atoms with E-state index in [-0.39, 0.29) is 12.1 Å². The van der Waals surface area contributed by atoms with E-state index in [1.165, 1.54) is 0 Å². The van der Waals surface area contributed by atoms with Crippen molar-refractivity contribution in [3.05, 3.63) is 47.5 Å². The fourth-order valence-electron chi connectivity index (χ4n) is 2.98. The molecule has 1 saturated heterocycles. The minimum Gasteiger partial charge on any atom is -0.385 e. The third-order valence-electron chi connectivity index (χ3n) is 4.52. The summed E-state index contributed by atoms with van der Waals surface area (Å²) in [6.45, 7) is 6.79. The van der Waals surface area contributed by atoms with Crippen molar-refractivity contribution in [3.63, 3.8) is 0 Å². The van der Waals surface area contributed by atoms with Crippen molar-refractivity contribution in [2.75, 3.05) is 13.1 Å². The number of rotatable bonds is 5. The van der Waals surface area contributed by atoms with E-state index in [2.05, 4.69) is 11.9 Å². The van der Waals surface area contributed by atoms with E-state index in [4.69, 9.17) is 11.6 Å². The van der Waals surface area contributed by atoms with Gasteiger partial charge >= 0.3 is 6.03 Å². The first-order chi connectivity index (χ1) is 11.0. The minimum absolute atomic E-state index is 0.0695. The Morgan fingerprint density at radius 2 is 2.13 bits per heavy atom. The normalized spacial score (nSPS) is 18.3. The third-order valence-corrected chi connectivity index (χ3v) is 4.85. The maximum absolute atomic E-state index is 12.3. The van der Waals surface area contributed by atoms with E-state index >= 15 is 0 Å². The molecule has 0 spiro atoms. The summed E-state index contributed by atoms with van der Waals surface area (Å²) in [6, 6.07) is 7.41. The summed E-state index contributed by atoms with van der Waals surface area (Å²) < 4.78 is 0. The number of urea groups is 1. The molecule has 2 rings (SSSR count). The highest BCUT2D eigenvalue weighted by Crippen LogP contribution is 2.36. The molecule has 1 fully saturated rings. The van der Waals surface area contributed by atoms with Crippen molar-refractivity contribution >= 4 is 17.6 Å². The highest BCUT2D eigenvalue weighted by Gasteiger charge is 2.36. The Kier molecular flexibility index (Phi) is 6.08. The van der Waals surface area contributed by atoms with E-state index in [9.17, 15) is 9.90 Å². The first-order valence-corrected chi connectivity index (χ1v) is 8.51. The zero-order chi connectivity index (χ0) is 16.9. The van der Waals surface area contributed by atoms with E-state index in [0.29, 0.717) is 31.0 Å². The monoisotopic (exact) mass is 336 g/mol. The summed E-state index contributed by atoms with van der Waals surface area (Å²) in [4.78, 5) is 14.1. The highest BCUT2D eigenvalue weighted by atomic mass is 35.5. The average Bonchev–Trinajstić information content (AvgIpc) is 2.55. The van der Waals surface area contributed by atoms with Gasteiger partial charge in [0.15, 0.2) is 0 Å². The summed E-state index contributed by atoms with van der Waals surface area (Å²) in [7, 11) is 0. The Bertz CT molecular complexity index is 554. The summed E-state index contributed by atoms with van der Waals surface area (Å²) >= 11 is 6.21. The Hall–Kier alpha value is -1.52. The number of piperidine rings is 1. The van der Waals surface area contributed by atoms with Gasteiger partial charge < -0.3 is 15.3 Å². The van der Waals surface area contributed by atoms with Crippen molar-refractivity contribution in [2.24, 2.45) is 0 Å². The summed E-state index contributed by atoms with van der Waals surface area (Å²) in [6.07, 6.45) is 4.43. The minimum atomic E-state index is -0.958. The molecule has 1 aromatic carbocycles. The molecule has 4 nitrogen and oxygen atoms in total. The Morgan fingerprint density at radius 3 is 2.70 bits per heavy atom. The van der Waals surface area contributed by atoms with E-state index in [1.54, 1.807) is 11.0 Å². The lowest BCUT2D eigenvalue weighted by molar-refractivity contribution is -0.0169. The first kappa shape index (κ1) is 17.8. The molecule has 0 bridgehead atoms. The molecule has 0 aliphatic carbocycles. The van der Waals surface area contributed by atoms with Crippen LogP contribution in [0.5, 0.6) is 0 Å². The largest absolute Gasteiger partial charge is 0.385 e. The number of carbonyl (C=O) groups excluding carboxylic acids is 1. The number of hydrogen-bond acceptors (Lipinski definition) is 2. The number of halogens is 1. The molecular formula is C18H25ClN2O2. The van der Waals surface area contributed by atoms with Crippen molar-refractivity contribution in [2.45, 2.75) is 44.2 Å². The molecule has 0 saturated carbocycles. The number of nitrogens with zero attached hydrogens (tertiary/aromatic N) is 1. The van der Waals surface area contributed by atoms with Crippen molar-refractivity contribution in [1.82, 2.24) is 10.2 Å². The lowest BCUT2D eigenvalue weighted by Crippen LogP contribution is -2.50. The van der Waals surface area contributed by atoms with Gasteiger partial charge in [0.05, 0.1) is 5.60 Å². The number of carbonyl (C=O) groups is 1. The molecule has 1 atom stereocenters. The van der Waals surface area contributed by atoms with Crippen LogP contribution < -0.4 is 5.32 Å². The van der Waals surface area contributed by atoms with Gasteiger partial charge in [-0.3, -0.25) is 0 Å². The molecule has 1 heterocycles. The SMILES string of the molecule is C=CC[C@H](CC)NC(=O)N1CCC(O)(c2ccccc2Cl)CC1. The van der Waals surface area contributed by atoms with Gasteiger partial charge in [-0.25, -0.2) is 4.79 Å². The molecular weight excluding hydrogens is 312 g/mol. The first-order valence-electron chi connectivity index (χ1n) is 8.14. The van der Waals surface area contributed by atoms with Gasteiger partial charge in [-0.05, 0) is 31.7 Å². The lowest BCUT2D eigenvalue weighted by atomic mass is 9.84. The molecule has 1 aliphatic rings. The van der Waals surface area contributed by atoms with Crippen molar-refractivity contribution in [1.29, 1.82) is 0 Å². The number of amides is 2. The summed E-state index contributed by atoms with van der Waals surface area (Å²) in [5.41, 5.74) is -0.208. The van der Waals surface area contributed by atoms with Crippen molar-refractivity contribution in [3.8, 4) is 0 Å². The van der Waals surface area contributed by atoms with Crippen LogP contribution in [0.4, 0.5) is 4.79 Å².